The van der Waals surface area contributed by atoms with E-state index in [0.717, 1.165) is 44.2 Å². The number of aromatic nitrogens is 2. The van der Waals surface area contributed by atoms with E-state index in [2.05, 4.69) is 20.2 Å². The van der Waals surface area contributed by atoms with Crippen LogP contribution in [0.3, 0.4) is 0 Å². The van der Waals surface area contributed by atoms with E-state index >= 15 is 0 Å². The zero-order valence-corrected chi connectivity index (χ0v) is 18.3. The first-order valence-corrected chi connectivity index (χ1v) is 10.9. The number of thiophene rings is 1. The first-order chi connectivity index (χ1) is 14.4. The lowest BCUT2D eigenvalue weighted by Gasteiger charge is -2.26. The number of nitrogen functional groups attached to an aromatic ring is 1. The Morgan fingerprint density at radius 2 is 2.00 bits per heavy atom. The summed E-state index contributed by atoms with van der Waals surface area (Å²) in [5, 5.41) is 4.67. The average molecular weight is 467 g/mol. The van der Waals surface area contributed by atoms with Crippen LogP contribution in [0.4, 0.5) is 11.6 Å². The van der Waals surface area contributed by atoms with Crippen LogP contribution in [0.2, 0.25) is 10.0 Å². The molecule has 1 fully saturated rings. The molecule has 0 radical (unpaired) electrons. The Labute approximate surface area is 187 Å². The third-order valence-corrected chi connectivity index (χ3v) is 6.67. The van der Waals surface area contributed by atoms with Crippen LogP contribution in [-0.2, 0) is 4.74 Å². The Bertz CT molecular complexity index is 1100. The van der Waals surface area contributed by atoms with E-state index in [1.54, 1.807) is 18.2 Å². The van der Waals surface area contributed by atoms with Crippen molar-refractivity contribution >= 4 is 62.3 Å². The standard InChI is InChI=1S/C19H20Cl2N6O2S/c20-11-2-1-10(9-12(11)21)15-13-14(22)16(17(23)28)30-18(13)26-19(25-15)24-3-4-27-5-7-29-8-6-27/h1-2,9H,3-8,22H2,(H2,23,28)(H,24,25,26). The van der Waals surface area contributed by atoms with E-state index in [1.165, 1.54) is 0 Å². The van der Waals surface area contributed by atoms with Crippen LogP contribution in [0, 0.1) is 0 Å². The minimum absolute atomic E-state index is 0.256. The molecule has 0 saturated carbocycles. The van der Waals surface area contributed by atoms with Gasteiger partial charge in [0.2, 0.25) is 5.95 Å². The third kappa shape index (κ3) is 4.30. The Balaban J connectivity index is 1.70. The van der Waals surface area contributed by atoms with Crippen LogP contribution in [0.1, 0.15) is 9.67 Å². The lowest BCUT2D eigenvalue weighted by Crippen LogP contribution is -2.39. The molecular formula is C19H20Cl2N6O2S. The second kappa shape index (κ2) is 8.91. The normalized spacial score (nSPS) is 14.9. The minimum Gasteiger partial charge on any atom is -0.397 e. The molecule has 0 unspecified atom stereocenters. The molecule has 1 saturated heterocycles. The number of primary amides is 1. The van der Waals surface area contributed by atoms with Gasteiger partial charge in [-0.05, 0) is 12.1 Å². The maximum atomic E-state index is 11.8. The Morgan fingerprint density at radius 1 is 1.23 bits per heavy atom. The van der Waals surface area contributed by atoms with Crippen LogP contribution in [0.25, 0.3) is 21.5 Å². The molecule has 158 valence electrons. The highest BCUT2D eigenvalue weighted by Gasteiger charge is 2.21. The number of halogens is 2. The van der Waals surface area contributed by atoms with Crippen molar-refractivity contribution in [2.24, 2.45) is 5.73 Å². The van der Waals surface area contributed by atoms with Gasteiger partial charge in [0.15, 0.2) is 0 Å². The van der Waals surface area contributed by atoms with Crippen molar-refractivity contribution in [2.75, 3.05) is 50.4 Å². The summed E-state index contributed by atoms with van der Waals surface area (Å²) in [5.74, 6) is -0.161. The fourth-order valence-electron chi connectivity index (χ4n) is 3.29. The van der Waals surface area contributed by atoms with Gasteiger partial charge in [0, 0.05) is 31.7 Å². The highest BCUT2D eigenvalue weighted by atomic mass is 35.5. The number of rotatable bonds is 6. The van der Waals surface area contributed by atoms with Crippen molar-refractivity contribution in [1.82, 2.24) is 14.9 Å². The van der Waals surface area contributed by atoms with Crippen molar-refractivity contribution in [2.45, 2.75) is 0 Å². The second-order valence-corrected chi connectivity index (χ2v) is 8.61. The van der Waals surface area contributed by atoms with Crippen molar-refractivity contribution in [1.29, 1.82) is 0 Å². The predicted octanol–water partition coefficient (Wildman–Crippen LogP) is 3.09. The Morgan fingerprint density at radius 3 is 2.70 bits per heavy atom. The number of ether oxygens (including phenoxy) is 1. The fraction of sp³-hybridized carbons (Fsp3) is 0.316. The summed E-state index contributed by atoms with van der Waals surface area (Å²) in [7, 11) is 0. The molecule has 0 atom stereocenters. The van der Waals surface area contributed by atoms with E-state index in [-0.39, 0.29) is 10.6 Å². The average Bonchev–Trinajstić information content (AvgIpc) is 3.07. The van der Waals surface area contributed by atoms with E-state index < -0.39 is 5.91 Å². The molecule has 4 rings (SSSR count). The SMILES string of the molecule is NC(=O)c1sc2nc(NCCN3CCOCC3)nc(-c3ccc(Cl)c(Cl)c3)c2c1N. The number of nitrogens with zero attached hydrogens (tertiary/aromatic N) is 3. The predicted molar refractivity (Wildman–Crippen MR) is 122 cm³/mol. The number of carbonyl (C=O) groups excluding carboxylic acids is 1. The maximum Gasteiger partial charge on any atom is 0.260 e. The quantitative estimate of drug-likeness (QED) is 0.510. The largest absolute Gasteiger partial charge is 0.397 e. The minimum atomic E-state index is -0.600. The molecular weight excluding hydrogens is 447 g/mol. The van der Waals surface area contributed by atoms with Gasteiger partial charge in [-0.15, -0.1) is 11.3 Å². The smallest absolute Gasteiger partial charge is 0.260 e. The van der Waals surface area contributed by atoms with Crippen molar-refractivity contribution in [3.63, 3.8) is 0 Å². The summed E-state index contributed by atoms with van der Waals surface area (Å²) >= 11 is 13.4. The number of anilines is 2. The number of nitrogens with one attached hydrogen (secondary N) is 1. The molecule has 1 aliphatic heterocycles. The Kier molecular flexibility index (Phi) is 6.26. The van der Waals surface area contributed by atoms with Gasteiger partial charge in [-0.1, -0.05) is 29.3 Å². The van der Waals surface area contributed by atoms with E-state index in [9.17, 15) is 4.79 Å². The number of nitrogens with two attached hydrogens (primary N) is 2. The number of carbonyl (C=O) groups is 1. The van der Waals surface area contributed by atoms with Gasteiger partial charge in [-0.25, -0.2) is 9.97 Å². The van der Waals surface area contributed by atoms with Gasteiger partial charge in [-0.3, -0.25) is 9.69 Å². The molecule has 2 aromatic heterocycles. The summed E-state index contributed by atoms with van der Waals surface area (Å²) in [4.78, 5) is 24.2. The summed E-state index contributed by atoms with van der Waals surface area (Å²) in [6.45, 7) is 4.80. The number of amides is 1. The second-order valence-electron chi connectivity index (χ2n) is 6.79. The van der Waals surface area contributed by atoms with Crippen LogP contribution in [0.5, 0.6) is 0 Å². The topological polar surface area (TPSA) is 119 Å². The monoisotopic (exact) mass is 466 g/mol. The third-order valence-electron chi connectivity index (χ3n) is 4.82. The number of benzene rings is 1. The molecule has 5 N–H and O–H groups in total. The molecule has 8 nitrogen and oxygen atoms in total. The zero-order chi connectivity index (χ0) is 21.3. The highest BCUT2D eigenvalue weighted by Crippen LogP contribution is 2.40. The van der Waals surface area contributed by atoms with Crippen molar-refractivity contribution < 1.29 is 9.53 Å². The van der Waals surface area contributed by atoms with Crippen LogP contribution >= 0.6 is 34.5 Å². The maximum absolute atomic E-state index is 11.8. The number of hydrogen-bond acceptors (Lipinski definition) is 8. The molecule has 30 heavy (non-hydrogen) atoms. The first-order valence-electron chi connectivity index (χ1n) is 9.33. The van der Waals surface area contributed by atoms with Crippen LogP contribution in [0.15, 0.2) is 18.2 Å². The molecule has 0 aliphatic carbocycles. The van der Waals surface area contributed by atoms with Gasteiger partial charge in [0.05, 0.1) is 40.0 Å². The summed E-state index contributed by atoms with van der Waals surface area (Å²) in [6.07, 6.45) is 0. The van der Waals surface area contributed by atoms with Gasteiger partial charge < -0.3 is 21.5 Å². The van der Waals surface area contributed by atoms with Gasteiger partial charge >= 0.3 is 0 Å². The number of morpholine rings is 1. The van der Waals surface area contributed by atoms with Crippen molar-refractivity contribution in [3.05, 3.63) is 33.1 Å². The van der Waals surface area contributed by atoms with Gasteiger partial charge in [0.1, 0.15) is 9.71 Å². The molecule has 1 aliphatic rings. The fourth-order valence-corrected chi connectivity index (χ4v) is 4.53. The van der Waals surface area contributed by atoms with Crippen molar-refractivity contribution in [3.8, 4) is 11.3 Å². The van der Waals surface area contributed by atoms with Gasteiger partial charge in [-0.2, -0.15) is 0 Å². The molecule has 11 heteroatoms. The molecule has 3 heterocycles. The Hall–Kier alpha value is -2.17. The number of hydrogen-bond donors (Lipinski definition) is 3. The first kappa shape index (κ1) is 21.1. The van der Waals surface area contributed by atoms with E-state index in [4.69, 9.17) is 39.4 Å². The van der Waals surface area contributed by atoms with Crippen LogP contribution < -0.4 is 16.8 Å². The molecule has 1 amide bonds. The summed E-state index contributed by atoms with van der Waals surface area (Å²) in [6, 6.07) is 5.20. The van der Waals surface area contributed by atoms with E-state index in [1.807, 2.05) is 0 Å². The zero-order valence-electron chi connectivity index (χ0n) is 16.0. The molecule has 0 spiro atoms. The molecule has 1 aromatic carbocycles. The molecule has 3 aromatic rings. The molecule has 0 bridgehead atoms. The van der Waals surface area contributed by atoms with Gasteiger partial charge in [0.25, 0.3) is 5.91 Å². The lowest BCUT2D eigenvalue weighted by molar-refractivity contribution is 0.0398. The number of fused-ring (bicyclic) bond motifs is 1. The van der Waals surface area contributed by atoms with Crippen LogP contribution in [-0.4, -0.2) is 60.2 Å². The lowest BCUT2D eigenvalue weighted by atomic mass is 10.1. The summed E-state index contributed by atoms with van der Waals surface area (Å²) in [5.41, 5.74) is 13.3. The van der Waals surface area contributed by atoms with E-state index in [0.29, 0.717) is 44.0 Å². The summed E-state index contributed by atoms with van der Waals surface area (Å²) < 4.78 is 5.37. The highest BCUT2D eigenvalue weighted by molar-refractivity contribution is 7.21.